The maximum absolute atomic E-state index is 9.69. The van der Waals surface area contributed by atoms with Crippen molar-refractivity contribution < 1.29 is 14.6 Å². The number of hydrogen-bond donors (Lipinski definition) is 2. The highest BCUT2D eigenvalue weighted by molar-refractivity contribution is 6.44. The molecule has 7 heteroatoms. The van der Waals surface area contributed by atoms with E-state index < -0.39 is 6.10 Å². The Labute approximate surface area is 127 Å². The van der Waals surface area contributed by atoms with Crippen molar-refractivity contribution in [3.63, 3.8) is 0 Å². The summed E-state index contributed by atoms with van der Waals surface area (Å²) in [5.41, 5.74) is 0.618. The van der Waals surface area contributed by atoms with Crippen LogP contribution in [0, 0.1) is 0 Å². The zero-order valence-electron chi connectivity index (χ0n) is 10.5. The summed E-state index contributed by atoms with van der Waals surface area (Å²) in [6.07, 6.45) is -0.651. The van der Waals surface area contributed by atoms with Crippen molar-refractivity contribution in [2.75, 3.05) is 38.8 Å². The molecule has 108 valence electrons. The Bertz CT molecular complexity index is 404. The number of aliphatic hydroxyl groups is 1. The average Bonchev–Trinajstić information content (AvgIpc) is 2.37. The molecular weight excluding hydrogens is 312 g/mol. The van der Waals surface area contributed by atoms with Crippen molar-refractivity contribution in [1.29, 1.82) is 0 Å². The van der Waals surface area contributed by atoms with E-state index in [9.17, 15) is 5.11 Å². The van der Waals surface area contributed by atoms with Gasteiger partial charge >= 0.3 is 0 Å². The van der Waals surface area contributed by atoms with Gasteiger partial charge in [0.05, 0.1) is 46.7 Å². The summed E-state index contributed by atoms with van der Waals surface area (Å²) in [4.78, 5) is 0. The summed E-state index contributed by atoms with van der Waals surface area (Å²) in [6.45, 7) is 1.46. The van der Waals surface area contributed by atoms with Crippen molar-refractivity contribution in [2.24, 2.45) is 0 Å². The minimum absolute atomic E-state index is 0.218. The maximum Gasteiger partial charge on any atom is 0.0945 e. The van der Waals surface area contributed by atoms with Gasteiger partial charge in [0.1, 0.15) is 0 Å². The molecule has 0 bridgehead atoms. The van der Waals surface area contributed by atoms with Crippen molar-refractivity contribution in [2.45, 2.75) is 6.10 Å². The van der Waals surface area contributed by atoms with E-state index >= 15 is 0 Å². The van der Waals surface area contributed by atoms with Crippen LogP contribution in [0.15, 0.2) is 12.1 Å². The summed E-state index contributed by atoms with van der Waals surface area (Å²) in [7, 11) is 1.59. The number of methoxy groups -OCH3 is 1. The fourth-order valence-corrected chi connectivity index (χ4v) is 1.92. The molecule has 1 unspecified atom stereocenters. The summed E-state index contributed by atoms with van der Waals surface area (Å²) in [5, 5.41) is 13.9. The molecule has 0 amide bonds. The number of halogens is 3. The first-order chi connectivity index (χ1) is 9.04. The van der Waals surface area contributed by atoms with E-state index in [1.54, 1.807) is 19.2 Å². The second kappa shape index (κ2) is 8.84. The average molecular weight is 329 g/mol. The maximum atomic E-state index is 9.69. The molecule has 0 saturated carbocycles. The Hall–Kier alpha value is -0.230. The number of aliphatic hydroxyl groups excluding tert-OH is 1. The van der Waals surface area contributed by atoms with E-state index in [4.69, 9.17) is 44.3 Å². The quantitative estimate of drug-likeness (QED) is 0.569. The molecule has 19 heavy (non-hydrogen) atoms. The Morgan fingerprint density at radius 3 is 2.53 bits per heavy atom. The van der Waals surface area contributed by atoms with Gasteiger partial charge in [0.15, 0.2) is 0 Å². The second-order valence-corrected chi connectivity index (χ2v) is 5.07. The van der Waals surface area contributed by atoms with E-state index in [1.807, 2.05) is 0 Å². The van der Waals surface area contributed by atoms with Crippen molar-refractivity contribution in [3.8, 4) is 0 Å². The van der Waals surface area contributed by atoms with Crippen LogP contribution in [0.1, 0.15) is 0 Å². The normalized spacial score (nSPS) is 12.5. The minimum atomic E-state index is -0.651. The topological polar surface area (TPSA) is 50.7 Å². The van der Waals surface area contributed by atoms with Crippen LogP contribution >= 0.6 is 34.8 Å². The van der Waals surface area contributed by atoms with Crippen LogP contribution in [0.5, 0.6) is 0 Å². The highest BCUT2D eigenvalue weighted by Crippen LogP contribution is 2.32. The number of hydrogen-bond acceptors (Lipinski definition) is 4. The molecule has 0 fully saturated rings. The van der Waals surface area contributed by atoms with E-state index in [0.717, 1.165) is 0 Å². The highest BCUT2D eigenvalue weighted by Gasteiger charge is 2.08. The molecule has 0 radical (unpaired) electrons. The number of benzene rings is 1. The fourth-order valence-electron chi connectivity index (χ4n) is 1.31. The third kappa shape index (κ3) is 6.17. The van der Waals surface area contributed by atoms with Crippen LogP contribution in [-0.4, -0.2) is 44.7 Å². The Balaban J connectivity index is 2.37. The molecular formula is C12H16Cl3NO3. The molecule has 1 aromatic carbocycles. The predicted octanol–water partition coefficient (Wildman–Crippen LogP) is 3.08. The van der Waals surface area contributed by atoms with Crippen LogP contribution in [0.25, 0.3) is 0 Å². The molecule has 0 aliphatic carbocycles. The van der Waals surface area contributed by atoms with E-state index in [2.05, 4.69) is 5.32 Å². The van der Waals surface area contributed by atoms with Crippen LogP contribution in [-0.2, 0) is 9.47 Å². The van der Waals surface area contributed by atoms with Gasteiger partial charge in [-0.2, -0.15) is 0 Å². The van der Waals surface area contributed by atoms with Crippen LogP contribution < -0.4 is 5.32 Å². The monoisotopic (exact) mass is 327 g/mol. The molecule has 0 aliphatic rings. The molecule has 2 N–H and O–H groups in total. The third-order valence-electron chi connectivity index (χ3n) is 2.28. The van der Waals surface area contributed by atoms with Crippen LogP contribution in [0.4, 0.5) is 5.69 Å². The van der Waals surface area contributed by atoms with Crippen molar-refractivity contribution >= 4 is 40.5 Å². The Kier molecular flexibility index (Phi) is 7.83. The van der Waals surface area contributed by atoms with Gasteiger partial charge in [-0.3, -0.25) is 0 Å². The molecule has 0 spiro atoms. The van der Waals surface area contributed by atoms with Gasteiger partial charge in [-0.15, -0.1) is 0 Å². The fraction of sp³-hybridized carbons (Fsp3) is 0.500. The molecule has 1 rings (SSSR count). The molecule has 0 saturated heterocycles. The number of anilines is 1. The molecule has 0 aromatic heterocycles. The number of ether oxygens (including phenoxy) is 2. The molecule has 1 aromatic rings. The van der Waals surface area contributed by atoms with Crippen molar-refractivity contribution in [1.82, 2.24) is 0 Å². The Morgan fingerprint density at radius 1 is 1.16 bits per heavy atom. The zero-order chi connectivity index (χ0) is 14.3. The lowest BCUT2D eigenvalue weighted by molar-refractivity contribution is 0.0182. The lowest BCUT2D eigenvalue weighted by Gasteiger charge is -2.14. The zero-order valence-corrected chi connectivity index (χ0v) is 12.7. The standard InChI is InChI=1S/C12H16Cl3NO3/c1-18-2-3-19-7-8(17)6-16-12-5-10(14)9(13)4-11(12)15/h4-5,8,16-17H,2-3,6-7H2,1H3. The third-order valence-corrected chi connectivity index (χ3v) is 3.31. The van der Waals surface area contributed by atoms with Gasteiger partial charge in [0.2, 0.25) is 0 Å². The smallest absolute Gasteiger partial charge is 0.0945 e. The number of rotatable bonds is 8. The van der Waals surface area contributed by atoms with Gasteiger partial charge in [-0.1, -0.05) is 34.8 Å². The summed E-state index contributed by atoms with van der Waals surface area (Å²) < 4.78 is 10.0. The SMILES string of the molecule is COCCOCC(O)CNc1cc(Cl)c(Cl)cc1Cl. The molecule has 4 nitrogen and oxygen atoms in total. The summed E-state index contributed by atoms with van der Waals surface area (Å²) >= 11 is 17.7. The van der Waals surface area contributed by atoms with E-state index in [1.165, 1.54) is 0 Å². The predicted molar refractivity (Wildman–Crippen MR) is 78.7 cm³/mol. The van der Waals surface area contributed by atoms with Gasteiger partial charge in [0, 0.05) is 13.7 Å². The summed E-state index contributed by atoms with van der Waals surface area (Å²) in [6, 6.07) is 3.17. The lowest BCUT2D eigenvalue weighted by Crippen LogP contribution is -2.25. The van der Waals surface area contributed by atoms with Gasteiger partial charge in [0.25, 0.3) is 0 Å². The van der Waals surface area contributed by atoms with Gasteiger partial charge in [-0.05, 0) is 12.1 Å². The first-order valence-electron chi connectivity index (χ1n) is 5.67. The largest absolute Gasteiger partial charge is 0.389 e. The number of nitrogens with one attached hydrogen (secondary N) is 1. The van der Waals surface area contributed by atoms with Crippen LogP contribution in [0.2, 0.25) is 15.1 Å². The first kappa shape index (κ1) is 16.8. The van der Waals surface area contributed by atoms with E-state index in [0.29, 0.717) is 40.5 Å². The summed E-state index contributed by atoms with van der Waals surface area (Å²) in [5.74, 6) is 0. The second-order valence-electron chi connectivity index (χ2n) is 3.85. The van der Waals surface area contributed by atoms with Crippen molar-refractivity contribution in [3.05, 3.63) is 27.2 Å². The minimum Gasteiger partial charge on any atom is -0.389 e. The van der Waals surface area contributed by atoms with Gasteiger partial charge in [-0.25, -0.2) is 0 Å². The van der Waals surface area contributed by atoms with E-state index in [-0.39, 0.29) is 6.61 Å². The molecule has 0 heterocycles. The van der Waals surface area contributed by atoms with Crippen LogP contribution in [0.3, 0.4) is 0 Å². The first-order valence-corrected chi connectivity index (χ1v) is 6.81. The Morgan fingerprint density at radius 2 is 1.84 bits per heavy atom. The molecule has 0 aliphatic heterocycles. The molecule has 1 atom stereocenters. The lowest BCUT2D eigenvalue weighted by atomic mass is 10.3. The van der Waals surface area contributed by atoms with Gasteiger partial charge < -0.3 is 19.9 Å². The highest BCUT2D eigenvalue weighted by atomic mass is 35.5.